The summed E-state index contributed by atoms with van der Waals surface area (Å²) in [6, 6.07) is 6.56. The van der Waals surface area contributed by atoms with Gasteiger partial charge in [-0.1, -0.05) is 26.0 Å². The van der Waals surface area contributed by atoms with E-state index < -0.39 is 5.97 Å². The van der Waals surface area contributed by atoms with Gasteiger partial charge in [-0.15, -0.1) is 0 Å². The third-order valence-corrected chi connectivity index (χ3v) is 2.26. The molecule has 0 spiro atoms. The highest BCUT2D eigenvalue weighted by Crippen LogP contribution is 2.05. The molecule has 0 radical (unpaired) electrons. The Kier molecular flexibility index (Phi) is 4.69. The van der Waals surface area contributed by atoms with Gasteiger partial charge in [0.2, 0.25) is 5.91 Å². The molecule has 0 heterocycles. The van der Waals surface area contributed by atoms with E-state index in [1.165, 1.54) is 6.07 Å². The highest BCUT2D eigenvalue weighted by Gasteiger charge is 2.06. The number of hydrogen-bond donors (Lipinski definition) is 2. The fourth-order valence-corrected chi connectivity index (χ4v) is 1.46. The first-order valence-electron chi connectivity index (χ1n) is 5.58. The van der Waals surface area contributed by atoms with E-state index in [2.05, 4.69) is 5.32 Å². The molecule has 0 aliphatic rings. The van der Waals surface area contributed by atoms with Gasteiger partial charge in [0, 0.05) is 13.0 Å². The number of benzene rings is 1. The number of carboxylic acids is 1. The summed E-state index contributed by atoms with van der Waals surface area (Å²) in [5.74, 6) is -0.651. The smallest absolute Gasteiger partial charge is 0.335 e. The Morgan fingerprint density at radius 2 is 2.06 bits per heavy atom. The summed E-state index contributed by atoms with van der Waals surface area (Å²) in [4.78, 5) is 22.2. The lowest BCUT2D eigenvalue weighted by molar-refractivity contribution is -0.121. The maximum absolute atomic E-state index is 11.4. The van der Waals surface area contributed by atoms with Crippen molar-refractivity contribution in [2.24, 2.45) is 5.92 Å². The Balaban J connectivity index is 2.54. The van der Waals surface area contributed by atoms with Crippen LogP contribution in [0.3, 0.4) is 0 Å². The molecule has 1 amide bonds. The lowest BCUT2D eigenvalue weighted by Crippen LogP contribution is -2.24. The number of rotatable bonds is 5. The van der Waals surface area contributed by atoms with Crippen LogP contribution in [0.4, 0.5) is 0 Å². The third-order valence-electron chi connectivity index (χ3n) is 2.26. The van der Waals surface area contributed by atoms with Crippen molar-refractivity contribution in [1.82, 2.24) is 5.32 Å². The van der Waals surface area contributed by atoms with E-state index in [0.717, 1.165) is 5.56 Å². The van der Waals surface area contributed by atoms with Gasteiger partial charge in [-0.05, 0) is 23.6 Å². The number of amides is 1. The molecule has 1 aromatic carbocycles. The molecule has 0 saturated heterocycles. The fraction of sp³-hybridized carbons (Fsp3) is 0.385. The summed E-state index contributed by atoms with van der Waals surface area (Å²) in [6.45, 7) is 4.32. The number of carboxylic acid groups (broad SMARTS) is 1. The molecule has 2 N–H and O–H groups in total. The Morgan fingerprint density at radius 3 is 2.65 bits per heavy atom. The molecule has 4 heteroatoms. The van der Waals surface area contributed by atoms with Crippen molar-refractivity contribution in [3.05, 3.63) is 35.4 Å². The molecule has 0 unspecified atom stereocenters. The molecule has 1 aromatic rings. The van der Waals surface area contributed by atoms with E-state index in [0.29, 0.717) is 18.9 Å². The largest absolute Gasteiger partial charge is 0.478 e. The second-order valence-electron chi connectivity index (χ2n) is 4.38. The Hall–Kier alpha value is -1.84. The average Bonchev–Trinajstić information content (AvgIpc) is 2.26. The molecule has 0 aliphatic heterocycles. The molecule has 0 fully saturated rings. The highest BCUT2D eigenvalue weighted by atomic mass is 16.4. The Morgan fingerprint density at radius 1 is 1.35 bits per heavy atom. The maximum atomic E-state index is 11.4. The minimum absolute atomic E-state index is 0.0132. The molecular weight excluding hydrogens is 218 g/mol. The maximum Gasteiger partial charge on any atom is 0.335 e. The molecule has 0 bridgehead atoms. The first-order chi connectivity index (χ1) is 7.99. The molecule has 92 valence electrons. The van der Waals surface area contributed by atoms with E-state index in [1.807, 2.05) is 13.8 Å². The monoisotopic (exact) mass is 235 g/mol. The predicted octanol–water partition coefficient (Wildman–Crippen LogP) is 2.05. The Labute approximate surface area is 101 Å². The second kappa shape index (κ2) is 6.03. The zero-order valence-electron chi connectivity index (χ0n) is 10.1. The van der Waals surface area contributed by atoms with Crippen molar-refractivity contribution in [2.75, 3.05) is 0 Å². The minimum Gasteiger partial charge on any atom is -0.478 e. The van der Waals surface area contributed by atoms with Crippen molar-refractivity contribution in [1.29, 1.82) is 0 Å². The summed E-state index contributed by atoms with van der Waals surface area (Å²) in [5.41, 5.74) is 1.03. The molecule has 0 atom stereocenters. The number of hydrogen-bond acceptors (Lipinski definition) is 2. The van der Waals surface area contributed by atoms with Crippen molar-refractivity contribution >= 4 is 11.9 Å². The van der Waals surface area contributed by atoms with E-state index in [1.54, 1.807) is 18.2 Å². The molecule has 0 aliphatic carbocycles. The predicted molar refractivity (Wildman–Crippen MR) is 64.7 cm³/mol. The normalized spacial score (nSPS) is 10.3. The van der Waals surface area contributed by atoms with Gasteiger partial charge in [-0.25, -0.2) is 4.79 Å². The highest BCUT2D eigenvalue weighted by molar-refractivity contribution is 5.87. The summed E-state index contributed by atoms with van der Waals surface area (Å²) < 4.78 is 0. The zero-order chi connectivity index (χ0) is 12.8. The Bertz CT molecular complexity index is 413. The standard InChI is InChI=1S/C13H17NO3/c1-9(2)6-12(15)14-8-10-4-3-5-11(7-10)13(16)17/h3-5,7,9H,6,8H2,1-2H3,(H,14,15)(H,16,17). The third kappa shape index (κ3) is 4.68. The van der Waals surface area contributed by atoms with Gasteiger partial charge in [0.1, 0.15) is 0 Å². The lowest BCUT2D eigenvalue weighted by atomic mass is 10.1. The van der Waals surface area contributed by atoms with E-state index in [9.17, 15) is 9.59 Å². The summed E-state index contributed by atoms with van der Waals surface area (Å²) in [7, 11) is 0. The first kappa shape index (κ1) is 13.2. The number of carbonyl (C=O) groups is 2. The lowest BCUT2D eigenvalue weighted by Gasteiger charge is -2.07. The van der Waals surface area contributed by atoms with Crippen LogP contribution in [0.25, 0.3) is 0 Å². The minimum atomic E-state index is -0.958. The van der Waals surface area contributed by atoms with Crippen LogP contribution in [-0.2, 0) is 11.3 Å². The van der Waals surface area contributed by atoms with Crippen LogP contribution in [0.15, 0.2) is 24.3 Å². The molecule has 1 rings (SSSR count). The average molecular weight is 235 g/mol. The van der Waals surface area contributed by atoms with Crippen LogP contribution in [-0.4, -0.2) is 17.0 Å². The first-order valence-corrected chi connectivity index (χ1v) is 5.58. The van der Waals surface area contributed by atoms with Gasteiger partial charge in [0.25, 0.3) is 0 Å². The number of aromatic carboxylic acids is 1. The van der Waals surface area contributed by atoms with Gasteiger partial charge in [-0.2, -0.15) is 0 Å². The number of carbonyl (C=O) groups excluding carboxylic acids is 1. The van der Waals surface area contributed by atoms with Crippen LogP contribution < -0.4 is 5.32 Å². The van der Waals surface area contributed by atoms with Crippen molar-refractivity contribution in [3.63, 3.8) is 0 Å². The molecule has 17 heavy (non-hydrogen) atoms. The molecule has 0 aromatic heterocycles. The van der Waals surface area contributed by atoms with Crippen molar-refractivity contribution in [3.8, 4) is 0 Å². The van der Waals surface area contributed by atoms with Gasteiger partial charge in [0.15, 0.2) is 0 Å². The molecule has 0 saturated carbocycles. The SMILES string of the molecule is CC(C)CC(=O)NCc1cccc(C(=O)O)c1. The molecule has 4 nitrogen and oxygen atoms in total. The van der Waals surface area contributed by atoms with Crippen LogP contribution in [0, 0.1) is 5.92 Å². The van der Waals surface area contributed by atoms with Crippen LogP contribution >= 0.6 is 0 Å². The van der Waals surface area contributed by atoms with Gasteiger partial charge >= 0.3 is 5.97 Å². The zero-order valence-corrected chi connectivity index (χ0v) is 10.1. The quantitative estimate of drug-likeness (QED) is 0.820. The fourth-order valence-electron chi connectivity index (χ4n) is 1.46. The summed E-state index contributed by atoms with van der Waals surface area (Å²) in [5, 5.41) is 11.6. The van der Waals surface area contributed by atoms with Crippen LogP contribution in [0.1, 0.15) is 36.2 Å². The van der Waals surface area contributed by atoms with Crippen LogP contribution in [0.2, 0.25) is 0 Å². The van der Waals surface area contributed by atoms with Gasteiger partial charge < -0.3 is 10.4 Å². The summed E-state index contributed by atoms with van der Waals surface area (Å²) >= 11 is 0. The van der Waals surface area contributed by atoms with Crippen molar-refractivity contribution < 1.29 is 14.7 Å². The molecular formula is C13H17NO3. The number of nitrogens with one attached hydrogen (secondary N) is 1. The van der Waals surface area contributed by atoms with Crippen molar-refractivity contribution in [2.45, 2.75) is 26.8 Å². The van der Waals surface area contributed by atoms with E-state index >= 15 is 0 Å². The van der Waals surface area contributed by atoms with Gasteiger partial charge in [0.05, 0.1) is 5.56 Å². The topological polar surface area (TPSA) is 66.4 Å². The van der Waals surface area contributed by atoms with E-state index in [-0.39, 0.29) is 11.5 Å². The van der Waals surface area contributed by atoms with E-state index in [4.69, 9.17) is 5.11 Å². The summed E-state index contributed by atoms with van der Waals surface area (Å²) in [6.07, 6.45) is 0.485. The second-order valence-corrected chi connectivity index (χ2v) is 4.38. The van der Waals surface area contributed by atoms with Gasteiger partial charge in [-0.3, -0.25) is 4.79 Å². The van der Waals surface area contributed by atoms with Crippen LogP contribution in [0.5, 0.6) is 0 Å².